The van der Waals surface area contributed by atoms with Crippen LogP contribution in [0, 0.1) is 18.6 Å². The van der Waals surface area contributed by atoms with Gasteiger partial charge in [-0.15, -0.1) is 21.8 Å². The van der Waals surface area contributed by atoms with Crippen LogP contribution in [0.3, 0.4) is 0 Å². The lowest BCUT2D eigenvalue weighted by molar-refractivity contribution is 0.579. The zero-order chi connectivity index (χ0) is 13.1. The lowest BCUT2D eigenvalue weighted by Gasteiger charge is -2.01. The third kappa shape index (κ3) is 2.84. The van der Waals surface area contributed by atoms with Crippen LogP contribution in [0.25, 0.3) is 10.6 Å². The van der Waals surface area contributed by atoms with Gasteiger partial charge < -0.3 is 0 Å². The zero-order valence-electron chi connectivity index (χ0n) is 9.71. The van der Waals surface area contributed by atoms with Crippen molar-refractivity contribution in [3.8, 4) is 10.6 Å². The third-order valence-electron chi connectivity index (χ3n) is 2.47. The molecule has 0 fully saturated rings. The average molecular weight is 289 g/mol. The first-order chi connectivity index (χ1) is 8.61. The molecule has 0 aliphatic carbocycles. The summed E-state index contributed by atoms with van der Waals surface area (Å²) >= 11 is 6.90. The standard InChI is InChI=1S/C12H11ClF2N2S/c1-7-5-8(10(15)6-9(7)14)12-17-16-11(18-12)3-2-4-13/h5-6H,2-4H2,1H3. The quantitative estimate of drug-likeness (QED) is 0.796. The normalized spacial score (nSPS) is 10.9. The molecule has 0 atom stereocenters. The van der Waals surface area contributed by atoms with Crippen LogP contribution in [-0.2, 0) is 6.42 Å². The van der Waals surface area contributed by atoms with Crippen molar-refractivity contribution in [3.05, 3.63) is 34.3 Å². The maximum absolute atomic E-state index is 13.7. The van der Waals surface area contributed by atoms with E-state index in [1.54, 1.807) is 6.92 Å². The van der Waals surface area contributed by atoms with Gasteiger partial charge >= 0.3 is 0 Å². The van der Waals surface area contributed by atoms with Gasteiger partial charge in [0, 0.05) is 23.9 Å². The summed E-state index contributed by atoms with van der Waals surface area (Å²) in [7, 11) is 0. The number of hydrogen-bond acceptors (Lipinski definition) is 3. The first-order valence-corrected chi connectivity index (χ1v) is 6.81. The maximum Gasteiger partial charge on any atom is 0.150 e. The predicted molar refractivity (Wildman–Crippen MR) is 69.0 cm³/mol. The molecule has 2 aromatic rings. The largest absolute Gasteiger partial charge is 0.207 e. The van der Waals surface area contributed by atoms with Gasteiger partial charge in [-0.05, 0) is 25.0 Å². The Labute approximate surface area is 113 Å². The Morgan fingerprint density at radius 1 is 1.22 bits per heavy atom. The number of rotatable bonds is 4. The van der Waals surface area contributed by atoms with Crippen molar-refractivity contribution in [2.75, 3.05) is 5.88 Å². The molecule has 6 heteroatoms. The Hall–Kier alpha value is -1.07. The van der Waals surface area contributed by atoms with Crippen LogP contribution in [-0.4, -0.2) is 16.1 Å². The van der Waals surface area contributed by atoms with Gasteiger partial charge in [0.2, 0.25) is 0 Å². The highest BCUT2D eigenvalue weighted by Crippen LogP contribution is 2.28. The molecule has 0 aliphatic rings. The summed E-state index contributed by atoms with van der Waals surface area (Å²) in [6.07, 6.45) is 1.53. The van der Waals surface area contributed by atoms with Crippen LogP contribution in [0.5, 0.6) is 0 Å². The summed E-state index contributed by atoms with van der Waals surface area (Å²) in [6.45, 7) is 1.59. The molecule has 2 nitrogen and oxygen atoms in total. The monoisotopic (exact) mass is 288 g/mol. The number of halogens is 3. The first-order valence-electron chi connectivity index (χ1n) is 5.46. The van der Waals surface area contributed by atoms with Gasteiger partial charge in [-0.2, -0.15) is 0 Å². The number of benzene rings is 1. The Balaban J connectivity index is 2.31. The summed E-state index contributed by atoms with van der Waals surface area (Å²) in [5.74, 6) is -0.611. The van der Waals surface area contributed by atoms with Crippen LogP contribution < -0.4 is 0 Å². The first kappa shape index (κ1) is 13.4. The molecule has 18 heavy (non-hydrogen) atoms. The van der Waals surface area contributed by atoms with Gasteiger partial charge in [-0.3, -0.25) is 0 Å². The molecule has 1 aromatic heterocycles. The summed E-state index contributed by atoms with van der Waals surface area (Å²) in [5.41, 5.74) is 0.687. The number of nitrogens with zero attached hydrogens (tertiary/aromatic N) is 2. The molecule has 0 saturated carbocycles. The van der Waals surface area contributed by atoms with Gasteiger partial charge in [0.05, 0.1) is 0 Å². The van der Waals surface area contributed by atoms with Crippen LogP contribution in [0.2, 0.25) is 0 Å². The van der Waals surface area contributed by atoms with Crippen LogP contribution in [0.15, 0.2) is 12.1 Å². The van der Waals surface area contributed by atoms with Gasteiger partial charge in [0.15, 0.2) is 5.01 Å². The second-order valence-corrected chi connectivity index (χ2v) is 5.31. The topological polar surface area (TPSA) is 25.8 Å². The van der Waals surface area contributed by atoms with Crippen molar-refractivity contribution < 1.29 is 8.78 Å². The molecule has 0 aliphatic heterocycles. The van der Waals surface area contributed by atoms with Gasteiger partial charge in [0.25, 0.3) is 0 Å². The number of aryl methyl sites for hydroxylation is 2. The van der Waals surface area contributed by atoms with Crippen molar-refractivity contribution >= 4 is 22.9 Å². The average Bonchev–Trinajstić information content (AvgIpc) is 2.79. The summed E-state index contributed by atoms with van der Waals surface area (Å²) in [5, 5.41) is 9.19. The summed E-state index contributed by atoms with van der Waals surface area (Å²) in [6, 6.07) is 2.33. The molecule has 96 valence electrons. The highest BCUT2D eigenvalue weighted by Gasteiger charge is 2.13. The fourth-order valence-corrected chi connectivity index (χ4v) is 2.54. The Bertz CT molecular complexity index is 557. The highest BCUT2D eigenvalue weighted by atomic mass is 35.5. The van der Waals surface area contributed by atoms with E-state index in [0.717, 1.165) is 23.9 Å². The van der Waals surface area contributed by atoms with E-state index in [0.29, 0.717) is 22.0 Å². The summed E-state index contributed by atoms with van der Waals surface area (Å²) in [4.78, 5) is 0. The van der Waals surface area contributed by atoms with E-state index in [4.69, 9.17) is 11.6 Å². The minimum absolute atomic E-state index is 0.295. The van der Waals surface area contributed by atoms with E-state index in [1.165, 1.54) is 17.4 Å². The fraction of sp³-hybridized carbons (Fsp3) is 0.333. The fourth-order valence-electron chi connectivity index (χ4n) is 1.50. The molecule has 0 bridgehead atoms. The number of hydrogen-bond donors (Lipinski definition) is 0. The van der Waals surface area contributed by atoms with E-state index in [9.17, 15) is 8.78 Å². The summed E-state index contributed by atoms with van der Waals surface area (Å²) < 4.78 is 26.8. The molecule has 1 aromatic carbocycles. The van der Waals surface area contributed by atoms with E-state index in [-0.39, 0.29) is 0 Å². The lowest BCUT2D eigenvalue weighted by atomic mass is 10.1. The molecule has 2 rings (SSSR count). The Morgan fingerprint density at radius 2 is 2.00 bits per heavy atom. The van der Waals surface area contributed by atoms with E-state index >= 15 is 0 Å². The minimum Gasteiger partial charge on any atom is -0.207 e. The molecule has 0 unspecified atom stereocenters. The van der Waals surface area contributed by atoms with E-state index < -0.39 is 11.6 Å². The number of alkyl halides is 1. The molecule has 0 saturated heterocycles. The van der Waals surface area contributed by atoms with Gasteiger partial charge in [-0.25, -0.2) is 8.78 Å². The highest BCUT2D eigenvalue weighted by molar-refractivity contribution is 7.14. The molecule has 0 spiro atoms. The van der Waals surface area contributed by atoms with E-state index in [1.807, 2.05) is 0 Å². The lowest BCUT2D eigenvalue weighted by Crippen LogP contribution is -1.90. The van der Waals surface area contributed by atoms with Crippen LogP contribution >= 0.6 is 22.9 Å². The molecule has 0 N–H and O–H groups in total. The Kier molecular flexibility index (Phi) is 4.24. The van der Waals surface area contributed by atoms with Gasteiger partial charge in [0.1, 0.15) is 16.6 Å². The van der Waals surface area contributed by atoms with E-state index in [2.05, 4.69) is 10.2 Å². The van der Waals surface area contributed by atoms with Crippen molar-refractivity contribution in [1.82, 2.24) is 10.2 Å². The Morgan fingerprint density at radius 3 is 2.72 bits per heavy atom. The van der Waals surface area contributed by atoms with Crippen molar-refractivity contribution in [2.45, 2.75) is 19.8 Å². The zero-order valence-corrected chi connectivity index (χ0v) is 11.3. The van der Waals surface area contributed by atoms with Crippen molar-refractivity contribution in [2.24, 2.45) is 0 Å². The SMILES string of the molecule is Cc1cc(-c2nnc(CCCCl)s2)c(F)cc1F. The number of aromatic nitrogens is 2. The minimum atomic E-state index is -0.613. The van der Waals surface area contributed by atoms with Crippen LogP contribution in [0.1, 0.15) is 17.0 Å². The molecule has 0 radical (unpaired) electrons. The maximum atomic E-state index is 13.7. The second kappa shape index (κ2) is 5.71. The van der Waals surface area contributed by atoms with Crippen LogP contribution in [0.4, 0.5) is 8.78 Å². The third-order valence-corrected chi connectivity index (χ3v) is 3.75. The second-order valence-electron chi connectivity index (χ2n) is 3.87. The van der Waals surface area contributed by atoms with Crippen molar-refractivity contribution in [1.29, 1.82) is 0 Å². The molecular formula is C12H11ClF2N2S. The van der Waals surface area contributed by atoms with Crippen molar-refractivity contribution in [3.63, 3.8) is 0 Å². The smallest absolute Gasteiger partial charge is 0.150 e. The molecule has 0 amide bonds. The molecular weight excluding hydrogens is 278 g/mol. The predicted octanol–water partition coefficient (Wildman–Crippen LogP) is 3.96. The molecule has 1 heterocycles. The van der Waals surface area contributed by atoms with Gasteiger partial charge in [-0.1, -0.05) is 11.3 Å².